The van der Waals surface area contributed by atoms with E-state index in [1.165, 1.54) is 12.1 Å². The van der Waals surface area contributed by atoms with Gasteiger partial charge in [0.25, 0.3) is 5.91 Å². The molecule has 0 aliphatic heterocycles. The molecule has 0 spiro atoms. The Hall–Kier alpha value is -2.30. The van der Waals surface area contributed by atoms with E-state index in [9.17, 15) is 9.90 Å². The number of hydrogen-bond acceptors (Lipinski definition) is 3. The van der Waals surface area contributed by atoms with Crippen LogP contribution in [0, 0.1) is 0 Å². The van der Waals surface area contributed by atoms with Gasteiger partial charge in [-0.3, -0.25) is 4.79 Å². The number of phenols is 1. The van der Waals surface area contributed by atoms with E-state index in [1.54, 1.807) is 24.5 Å². The van der Waals surface area contributed by atoms with Crippen LogP contribution in [0.4, 0.5) is 0 Å². The topological polar surface area (TPSA) is 78.0 Å². The molecule has 0 bridgehead atoms. The molecular weight excluding hydrogens is 230 g/mol. The zero-order chi connectivity index (χ0) is 12.8. The molecule has 0 saturated carbocycles. The summed E-state index contributed by atoms with van der Waals surface area (Å²) >= 11 is 0. The highest BCUT2D eigenvalue weighted by Crippen LogP contribution is 2.10. The molecule has 0 aliphatic rings. The molecule has 0 unspecified atom stereocenters. The van der Waals surface area contributed by atoms with Crippen LogP contribution in [-0.4, -0.2) is 27.5 Å². The van der Waals surface area contributed by atoms with Gasteiger partial charge in [-0.1, -0.05) is 6.07 Å². The maximum atomic E-state index is 11.7. The van der Waals surface area contributed by atoms with Crippen LogP contribution < -0.4 is 5.32 Å². The third-order valence-electron chi connectivity index (χ3n) is 2.54. The molecular formula is C13H15N3O2. The van der Waals surface area contributed by atoms with Crippen molar-refractivity contribution in [3.63, 3.8) is 0 Å². The Morgan fingerprint density at radius 2 is 2.33 bits per heavy atom. The summed E-state index contributed by atoms with van der Waals surface area (Å²) in [6.07, 6.45) is 5.10. The van der Waals surface area contributed by atoms with Crippen molar-refractivity contribution >= 4 is 5.91 Å². The fourth-order valence-electron chi connectivity index (χ4n) is 1.64. The van der Waals surface area contributed by atoms with Crippen LogP contribution in [-0.2, 0) is 6.42 Å². The lowest BCUT2D eigenvalue weighted by atomic mass is 10.2. The molecule has 18 heavy (non-hydrogen) atoms. The SMILES string of the molecule is O=C(NCCCc1ncc[nH]1)c1cccc(O)c1. The zero-order valence-corrected chi connectivity index (χ0v) is 9.89. The second-order valence-electron chi connectivity index (χ2n) is 3.95. The average molecular weight is 245 g/mol. The third kappa shape index (κ3) is 3.35. The highest BCUT2D eigenvalue weighted by Gasteiger charge is 2.05. The molecule has 1 aromatic heterocycles. The maximum Gasteiger partial charge on any atom is 0.251 e. The molecule has 2 rings (SSSR count). The van der Waals surface area contributed by atoms with Gasteiger partial charge in [-0.2, -0.15) is 0 Å². The molecule has 0 atom stereocenters. The van der Waals surface area contributed by atoms with E-state index < -0.39 is 0 Å². The second-order valence-corrected chi connectivity index (χ2v) is 3.95. The first-order valence-electron chi connectivity index (χ1n) is 5.81. The van der Waals surface area contributed by atoms with Gasteiger partial charge in [0.15, 0.2) is 0 Å². The minimum atomic E-state index is -0.176. The van der Waals surface area contributed by atoms with E-state index in [-0.39, 0.29) is 11.7 Å². The largest absolute Gasteiger partial charge is 0.508 e. The molecule has 5 heteroatoms. The predicted octanol–water partition coefficient (Wildman–Crippen LogP) is 1.48. The fraction of sp³-hybridized carbons (Fsp3) is 0.231. The first-order chi connectivity index (χ1) is 8.75. The van der Waals surface area contributed by atoms with Crippen LogP contribution >= 0.6 is 0 Å². The van der Waals surface area contributed by atoms with Crippen molar-refractivity contribution in [3.05, 3.63) is 48.0 Å². The molecule has 0 saturated heterocycles. The minimum Gasteiger partial charge on any atom is -0.508 e. The van der Waals surface area contributed by atoms with Gasteiger partial charge < -0.3 is 15.4 Å². The number of carbonyl (C=O) groups excluding carboxylic acids is 1. The number of aryl methyl sites for hydroxylation is 1. The summed E-state index contributed by atoms with van der Waals surface area (Å²) in [6.45, 7) is 0.579. The highest BCUT2D eigenvalue weighted by atomic mass is 16.3. The summed E-state index contributed by atoms with van der Waals surface area (Å²) in [5.41, 5.74) is 0.466. The normalized spacial score (nSPS) is 10.2. The number of phenolic OH excluding ortho intramolecular Hbond substituents is 1. The number of aromatic amines is 1. The standard InChI is InChI=1S/C13H15N3O2/c17-11-4-1-3-10(9-11)13(18)16-6-2-5-12-14-7-8-15-12/h1,3-4,7-9,17H,2,5-6H2,(H,14,15)(H,16,18). The monoisotopic (exact) mass is 245 g/mol. The Morgan fingerprint density at radius 3 is 3.06 bits per heavy atom. The summed E-state index contributed by atoms with van der Waals surface area (Å²) < 4.78 is 0. The molecule has 1 aromatic carbocycles. The summed E-state index contributed by atoms with van der Waals surface area (Å²) in [6, 6.07) is 6.30. The molecule has 1 heterocycles. The van der Waals surface area contributed by atoms with Crippen molar-refractivity contribution in [1.29, 1.82) is 0 Å². The van der Waals surface area contributed by atoms with Crippen molar-refractivity contribution < 1.29 is 9.90 Å². The molecule has 94 valence electrons. The van der Waals surface area contributed by atoms with Gasteiger partial charge in [0.05, 0.1) is 0 Å². The summed E-state index contributed by atoms with van der Waals surface area (Å²) in [5.74, 6) is 0.838. The van der Waals surface area contributed by atoms with Gasteiger partial charge in [-0.25, -0.2) is 4.98 Å². The summed E-state index contributed by atoms with van der Waals surface area (Å²) in [7, 11) is 0. The van der Waals surface area contributed by atoms with Crippen LogP contribution in [0.2, 0.25) is 0 Å². The van der Waals surface area contributed by atoms with E-state index in [0.717, 1.165) is 18.7 Å². The van der Waals surface area contributed by atoms with Crippen LogP contribution in [0.15, 0.2) is 36.7 Å². The Balaban J connectivity index is 1.75. The molecule has 1 amide bonds. The van der Waals surface area contributed by atoms with Crippen LogP contribution in [0.1, 0.15) is 22.6 Å². The number of hydrogen-bond donors (Lipinski definition) is 3. The number of imidazole rings is 1. The van der Waals surface area contributed by atoms with Gasteiger partial charge in [-0.15, -0.1) is 0 Å². The van der Waals surface area contributed by atoms with Crippen molar-refractivity contribution in [1.82, 2.24) is 15.3 Å². The van der Waals surface area contributed by atoms with Gasteiger partial charge in [-0.05, 0) is 24.6 Å². The van der Waals surface area contributed by atoms with Gasteiger partial charge in [0.1, 0.15) is 11.6 Å². The number of rotatable bonds is 5. The third-order valence-corrected chi connectivity index (χ3v) is 2.54. The maximum absolute atomic E-state index is 11.7. The van der Waals surface area contributed by atoms with Crippen molar-refractivity contribution in [2.75, 3.05) is 6.54 Å². The Kier molecular flexibility index (Phi) is 3.96. The summed E-state index contributed by atoms with van der Waals surface area (Å²) in [4.78, 5) is 18.8. The number of carbonyl (C=O) groups is 1. The number of aromatic nitrogens is 2. The lowest BCUT2D eigenvalue weighted by Crippen LogP contribution is -2.24. The van der Waals surface area contributed by atoms with E-state index in [4.69, 9.17) is 0 Å². The molecule has 0 radical (unpaired) electrons. The second kappa shape index (κ2) is 5.86. The molecule has 0 aliphatic carbocycles. The number of amides is 1. The van der Waals surface area contributed by atoms with Crippen LogP contribution in [0.5, 0.6) is 5.75 Å². The van der Waals surface area contributed by atoms with Gasteiger partial charge in [0, 0.05) is 30.9 Å². The molecule has 2 aromatic rings. The van der Waals surface area contributed by atoms with E-state index >= 15 is 0 Å². The first kappa shape index (κ1) is 12.2. The Labute approximate surface area is 105 Å². The highest BCUT2D eigenvalue weighted by molar-refractivity contribution is 5.94. The number of nitrogens with one attached hydrogen (secondary N) is 2. The van der Waals surface area contributed by atoms with Gasteiger partial charge >= 0.3 is 0 Å². The van der Waals surface area contributed by atoms with Gasteiger partial charge in [0.2, 0.25) is 0 Å². The molecule has 5 nitrogen and oxygen atoms in total. The number of H-pyrrole nitrogens is 1. The number of nitrogens with zero attached hydrogens (tertiary/aromatic N) is 1. The average Bonchev–Trinajstić information content (AvgIpc) is 2.87. The zero-order valence-electron chi connectivity index (χ0n) is 9.89. The quantitative estimate of drug-likeness (QED) is 0.698. The summed E-state index contributed by atoms with van der Waals surface area (Å²) in [5, 5.41) is 12.1. The number of aromatic hydroxyl groups is 1. The fourth-order valence-corrected chi connectivity index (χ4v) is 1.64. The Bertz CT molecular complexity index is 509. The Morgan fingerprint density at radius 1 is 1.44 bits per heavy atom. The van der Waals surface area contributed by atoms with Crippen molar-refractivity contribution in [2.24, 2.45) is 0 Å². The molecule has 3 N–H and O–H groups in total. The van der Waals surface area contributed by atoms with E-state index in [1.807, 2.05) is 0 Å². The van der Waals surface area contributed by atoms with Crippen LogP contribution in [0.3, 0.4) is 0 Å². The number of benzene rings is 1. The molecule has 0 fully saturated rings. The van der Waals surface area contributed by atoms with Crippen molar-refractivity contribution in [3.8, 4) is 5.75 Å². The first-order valence-corrected chi connectivity index (χ1v) is 5.81. The lowest BCUT2D eigenvalue weighted by Gasteiger charge is -2.04. The smallest absolute Gasteiger partial charge is 0.251 e. The van der Waals surface area contributed by atoms with E-state index in [0.29, 0.717) is 12.1 Å². The van der Waals surface area contributed by atoms with E-state index in [2.05, 4.69) is 15.3 Å². The van der Waals surface area contributed by atoms with Crippen molar-refractivity contribution in [2.45, 2.75) is 12.8 Å². The minimum absolute atomic E-state index is 0.0956. The predicted molar refractivity (Wildman–Crippen MR) is 67.3 cm³/mol. The van der Waals surface area contributed by atoms with Crippen LogP contribution in [0.25, 0.3) is 0 Å². The lowest BCUT2D eigenvalue weighted by molar-refractivity contribution is 0.0953.